The largest absolute Gasteiger partial charge is 0.324 e. The van der Waals surface area contributed by atoms with Gasteiger partial charge in [0.25, 0.3) is 5.56 Å². The Bertz CT molecular complexity index is 1040. The van der Waals surface area contributed by atoms with Crippen LogP contribution < -0.4 is 10.9 Å². The summed E-state index contributed by atoms with van der Waals surface area (Å²) in [5.74, 6) is -0.0129. The fourth-order valence-corrected chi connectivity index (χ4v) is 4.27. The Balaban J connectivity index is 1.64. The van der Waals surface area contributed by atoms with E-state index < -0.39 is 0 Å². The van der Waals surface area contributed by atoms with Gasteiger partial charge in [0.2, 0.25) is 5.91 Å². The number of rotatable bonds is 8. The standard InChI is InChI=1S/C21H20ClN3O2S2/c1-2-5-15-12-19(26)25-21(23-15)28-13-20(27)24-17-6-3-4-7-18(17)29-16-10-8-14(22)9-11-16/h3-4,6-12H,2,5,13H2,1H3,(H,24,27)(H,23,25,26). The Labute approximate surface area is 182 Å². The highest BCUT2D eigenvalue weighted by Gasteiger charge is 2.10. The van der Waals surface area contributed by atoms with Crippen LogP contribution in [-0.4, -0.2) is 21.6 Å². The number of hydrogen-bond donors (Lipinski definition) is 2. The van der Waals surface area contributed by atoms with Crippen LogP contribution in [0.15, 0.2) is 74.3 Å². The second-order valence-corrected chi connectivity index (χ2v) is 8.70. The molecule has 0 aliphatic rings. The van der Waals surface area contributed by atoms with Gasteiger partial charge < -0.3 is 10.3 Å². The molecule has 2 aromatic carbocycles. The summed E-state index contributed by atoms with van der Waals surface area (Å²) in [6.45, 7) is 2.03. The number of carbonyl (C=O) groups is 1. The molecule has 1 aromatic heterocycles. The van der Waals surface area contributed by atoms with Crippen molar-refractivity contribution < 1.29 is 4.79 Å². The van der Waals surface area contributed by atoms with Gasteiger partial charge >= 0.3 is 0 Å². The molecule has 0 radical (unpaired) electrons. The molecule has 1 heterocycles. The molecule has 0 aliphatic carbocycles. The van der Waals surface area contributed by atoms with Crippen molar-refractivity contribution in [3.05, 3.63) is 75.7 Å². The number of hydrogen-bond acceptors (Lipinski definition) is 5. The van der Waals surface area contributed by atoms with Gasteiger partial charge in [0.15, 0.2) is 5.16 Å². The monoisotopic (exact) mass is 445 g/mol. The molecule has 29 heavy (non-hydrogen) atoms. The number of aryl methyl sites for hydroxylation is 1. The average Bonchev–Trinajstić information content (AvgIpc) is 2.69. The quantitative estimate of drug-likeness (QED) is 0.365. The van der Waals surface area contributed by atoms with Gasteiger partial charge in [0.1, 0.15) is 0 Å². The number of H-pyrrole nitrogens is 1. The van der Waals surface area contributed by atoms with Crippen LogP contribution in [0.5, 0.6) is 0 Å². The van der Waals surface area contributed by atoms with E-state index in [2.05, 4.69) is 15.3 Å². The first-order valence-electron chi connectivity index (χ1n) is 9.09. The zero-order valence-corrected chi connectivity index (χ0v) is 18.2. The number of nitrogens with one attached hydrogen (secondary N) is 2. The van der Waals surface area contributed by atoms with Crippen molar-refractivity contribution in [1.82, 2.24) is 9.97 Å². The number of nitrogens with zero attached hydrogens (tertiary/aromatic N) is 1. The van der Waals surface area contributed by atoms with Gasteiger partial charge in [-0.2, -0.15) is 0 Å². The predicted octanol–water partition coefficient (Wildman–Crippen LogP) is 5.26. The normalized spacial score (nSPS) is 10.7. The van der Waals surface area contributed by atoms with Gasteiger partial charge in [-0.05, 0) is 42.8 Å². The first-order valence-corrected chi connectivity index (χ1v) is 11.3. The first-order chi connectivity index (χ1) is 14.0. The maximum absolute atomic E-state index is 12.5. The molecule has 5 nitrogen and oxygen atoms in total. The summed E-state index contributed by atoms with van der Waals surface area (Å²) in [6.07, 6.45) is 1.64. The molecule has 8 heteroatoms. The van der Waals surface area contributed by atoms with Gasteiger partial charge in [-0.15, -0.1) is 0 Å². The van der Waals surface area contributed by atoms with Gasteiger partial charge in [-0.3, -0.25) is 9.59 Å². The fourth-order valence-electron chi connectivity index (χ4n) is 2.54. The number of para-hydroxylation sites is 1. The van der Waals surface area contributed by atoms with Crippen LogP contribution in [0.1, 0.15) is 19.0 Å². The Hall–Kier alpha value is -2.22. The van der Waals surface area contributed by atoms with E-state index in [9.17, 15) is 9.59 Å². The van der Waals surface area contributed by atoms with Crippen LogP contribution in [0.3, 0.4) is 0 Å². The van der Waals surface area contributed by atoms with Crippen LogP contribution in [0.4, 0.5) is 5.69 Å². The number of halogens is 1. The second kappa shape index (κ2) is 10.5. The van der Waals surface area contributed by atoms with Gasteiger partial charge in [0.05, 0.1) is 11.4 Å². The number of anilines is 1. The van der Waals surface area contributed by atoms with Gasteiger partial charge in [-0.1, -0.05) is 60.6 Å². The summed E-state index contributed by atoms with van der Waals surface area (Å²) in [4.78, 5) is 33.2. The minimum atomic E-state index is -0.198. The van der Waals surface area contributed by atoms with Crippen molar-refractivity contribution in [2.75, 3.05) is 11.1 Å². The SMILES string of the molecule is CCCc1cc(=O)[nH]c(SCC(=O)Nc2ccccc2Sc2ccc(Cl)cc2)n1. The van der Waals surface area contributed by atoms with Crippen LogP contribution >= 0.6 is 35.1 Å². The highest BCUT2D eigenvalue weighted by atomic mass is 35.5. The number of aromatic amines is 1. The lowest BCUT2D eigenvalue weighted by Crippen LogP contribution is -2.16. The molecule has 0 fully saturated rings. The maximum Gasteiger partial charge on any atom is 0.251 e. The predicted molar refractivity (Wildman–Crippen MR) is 120 cm³/mol. The Kier molecular flexibility index (Phi) is 7.80. The number of amides is 1. The molecule has 0 spiro atoms. The topological polar surface area (TPSA) is 74.8 Å². The summed E-state index contributed by atoms with van der Waals surface area (Å²) in [6, 6.07) is 16.7. The van der Waals surface area contributed by atoms with E-state index in [1.54, 1.807) is 11.8 Å². The fraction of sp³-hybridized carbons (Fsp3) is 0.190. The van der Waals surface area contributed by atoms with Crippen molar-refractivity contribution in [2.45, 2.75) is 34.7 Å². The van der Waals surface area contributed by atoms with Crippen LogP contribution in [0.2, 0.25) is 5.02 Å². The molecule has 0 saturated heterocycles. The third-order valence-corrected chi connectivity index (χ3v) is 6.03. The summed E-state index contributed by atoms with van der Waals surface area (Å²) < 4.78 is 0. The van der Waals surface area contributed by atoms with Crippen molar-refractivity contribution >= 4 is 46.7 Å². The molecule has 0 saturated carbocycles. The van der Waals surface area contributed by atoms with Crippen molar-refractivity contribution in [3.8, 4) is 0 Å². The van der Waals surface area contributed by atoms with E-state index >= 15 is 0 Å². The van der Waals surface area contributed by atoms with E-state index in [1.807, 2.05) is 55.5 Å². The lowest BCUT2D eigenvalue weighted by molar-refractivity contribution is -0.113. The highest BCUT2D eigenvalue weighted by molar-refractivity contribution is 8.00. The number of carbonyl (C=O) groups excluding carboxylic acids is 1. The number of benzene rings is 2. The van der Waals surface area contributed by atoms with E-state index in [0.29, 0.717) is 10.2 Å². The van der Waals surface area contributed by atoms with Gasteiger partial charge in [-0.25, -0.2) is 4.98 Å². The molecule has 3 rings (SSSR count). The zero-order valence-electron chi connectivity index (χ0n) is 15.8. The molecule has 0 aliphatic heterocycles. The minimum absolute atomic E-state index is 0.151. The van der Waals surface area contributed by atoms with E-state index in [0.717, 1.165) is 34.0 Å². The molecule has 3 aromatic rings. The molecular weight excluding hydrogens is 426 g/mol. The highest BCUT2D eigenvalue weighted by Crippen LogP contribution is 2.34. The third kappa shape index (κ3) is 6.66. The van der Waals surface area contributed by atoms with Crippen LogP contribution in [0.25, 0.3) is 0 Å². The van der Waals surface area contributed by atoms with Gasteiger partial charge in [0, 0.05) is 26.6 Å². The lowest BCUT2D eigenvalue weighted by atomic mass is 10.2. The Morgan fingerprint density at radius 1 is 1.17 bits per heavy atom. The zero-order chi connectivity index (χ0) is 20.6. The summed E-state index contributed by atoms with van der Waals surface area (Å²) >= 11 is 8.70. The summed E-state index contributed by atoms with van der Waals surface area (Å²) in [7, 11) is 0. The molecule has 0 bridgehead atoms. The first kappa shape index (κ1) is 21.5. The van der Waals surface area contributed by atoms with E-state index in [-0.39, 0.29) is 17.2 Å². The maximum atomic E-state index is 12.5. The van der Waals surface area contributed by atoms with E-state index in [4.69, 9.17) is 11.6 Å². The number of thioether (sulfide) groups is 1. The lowest BCUT2D eigenvalue weighted by Gasteiger charge is -2.11. The molecule has 0 unspecified atom stereocenters. The van der Waals surface area contributed by atoms with Crippen molar-refractivity contribution in [2.24, 2.45) is 0 Å². The molecule has 0 atom stereocenters. The molecule has 150 valence electrons. The Morgan fingerprint density at radius 3 is 2.69 bits per heavy atom. The van der Waals surface area contributed by atoms with Crippen LogP contribution in [-0.2, 0) is 11.2 Å². The average molecular weight is 446 g/mol. The van der Waals surface area contributed by atoms with Crippen LogP contribution in [0, 0.1) is 0 Å². The summed E-state index contributed by atoms with van der Waals surface area (Å²) in [5, 5.41) is 4.08. The summed E-state index contributed by atoms with van der Waals surface area (Å²) in [5.41, 5.74) is 1.28. The molecule has 1 amide bonds. The Morgan fingerprint density at radius 2 is 1.93 bits per heavy atom. The van der Waals surface area contributed by atoms with E-state index in [1.165, 1.54) is 17.8 Å². The molecule has 2 N–H and O–H groups in total. The van der Waals surface area contributed by atoms with Crippen molar-refractivity contribution in [3.63, 3.8) is 0 Å². The smallest absolute Gasteiger partial charge is 0.251 e. The minimum Gasteiger partial charge on any atom is -0.324 e. The third-order valence-electron chi connectivity index (χ3n) is 3.82. The molecular formula is C21H20ClN3O2S2. The number of aromatic nitrogens is 2. The van der Waals surface area contributed by atoms with Crippen molar-refractivity contribution in [1.29, 1.82) is 0 Å². The second-order valence-electron chi connectivity index (χ2n) is 6.18.